The largest absolute Gasteiger partial charge is 0.497 e. The number of aryl methyl sites for hydroxylation is 1. The summed E-state index contributed by atoms with van der Waals surface area (Å²) in [4.78, 5) is 0. The Morgan fingerprint density at radius 3 is 2.76 bits per heavy atom. The number of aliphatic hydroxyl groups excluding tert-OH is 1. The first-order valence-corrected chi connectivity index (χ1v) is 6.02. The second kappa shape index (κ2) is 4.80. The zero-order valence-electron chi connectivity index (χ0n) is 10.6. The maximum Gasteiger partial charge on any atom is 0.119 e. The van der Waals surface area contributed by atoms with Crippen LogP contribution in [-0.4, -0.2) is 16.8 Å². The molecule has 0 aliphatic carbocycles. The fourth-order valence-electron chi connectivity index (χ4n) is 2.19. The molecule has 2 aromatic rings. The van der Waals surface area contributed by atoms with Crippen molar-refractivity contribution in [3.63, 3.8) is 0 Å². The van der Waals surface area contributed by atoms with Crippen molar-refractivity contribution in [1.29, 1.82) is 0 Å². The lowest BCUT2D eigenvalue weighted by Gasteiger charge is -2.04. The van der Waals surface area contributed by atoms with Crippen LogP contribution in [0.25, 0.3) is 10.9 Å². The lowest BCUT2D eigenvalue weighted by Crippen LogP contribution is -1.94. The van der Waals surface area contributed by atoms with Gasteiger partial charge in [-0.25, -0.2) is 0 Å². The Morgan fingerprint density at radius 2 is 2.18 bits per heavy atom. The molecule has 0 saturated heterocycles. The van der Waals surface area contributed by atoms with Gasteiger partial charge in [0.15, 0.2) is 0 Å². The number of rotatable bonds is 4. The van der Waals surface area contributed by atoms with Gasteiger partial charge in [-0.15, -0.1) is 0 Å². The minimum atomic E-state index is -0.456. The third-order valence-corrected chi connectivity index (χ3v) is 3.03. The van der Waals surface area contributed by atoms with Crippen molar-refractivity contribution in [2.24, 2.45) is 0 Å². The number of methoxy groups -OCH3 is 1. The highest BCUT2D eigenvalue weighted by atomic mass is 16.5. The average molecular weight is 233 g/mol. The third kappa shape index (κ3) is 2.15. The zero-order chi connectivity index (χ0) is 12.4. The highest BCUT2D eigenvalue weighted by Gasteiger charge is 2.12. The molecule has 0 fully saturated rings. The van der Waals surface area contributed by atoms with Gasteiger partial charge >= 0.3 is 0 Å². The van der Waals surface area contributed by atoms with Crippen LogP contribution in [0.1, 0.15) is 31.9 Å². The van der Waals surface area contributed by atoms with Crippen LogP contribution >= 0.6 is 0 Å². The molecule has 0 aliphatic rings. The standard InChI is InChI=1S/C14H19NO2/c1-4-7-15-9-13(10(2)16)12-8-11(17-3)5-6-14(12)15/h5-6,8-10,16H,4,7H2,1-3H3. The fraction of sp³-hybridized carbons (Fsp3) is 0.429. The molecular weight excluding hydrogens is 214 g/mol. The second-order valence-corrected chi connectivity index (χ2v) is 4.34. The van der Waals surface area contributed by atoms with Crippen molar-refractivity contribution in [2.75, 3.05) is 7.11 Å². The maximum atomic E-state index is 9.81. The molecule has 1 aromatic heterocycles. The van der Waals surface area contributed by atoms with Crippen LogP contribution in [0.3, 0.4) is 0 Å². The van der Waals surface area contributed by atoms with E-state index in [1.54, 1.807) is 14.0 Å². The lowest BCUT2D eigenvalue weighted by molar-refractivity contribution is 0.200. The number of fused-ring (bicyclic) bond motifs is 1. The van der Waals surface area contributed by atoms with Crippen molar-refractivity contribution in [3.8, 4) is 5.75 Å². The van der Waals surface area contributed by atoms with Crippen molar-refractivity contribution < 1.29 is 9.84 Å². The SMILES string of the molecule is CCCn1cc(C(C)O)c2cc(OC)ccc21. The van der Waals surface area contributed by atoms with E-state index in [1.165, 1.54) is 0 Å². The van der Waals surface area contributed by atoms with Crippen molar-refractivity contribution >= 4 is 10.9 Å². The van der Waals surface area contributed by atoms with Crippen LogP contribution in [-0.2, 0) is 6.54 Å². The summed E-state index contributed by atoms with van der Waals surface area (Å²) in [6.45, 7) is 4.91. The van der Waals surface area contributed by atoms with Crippen molar-refractivity contribution in [1.82, 2.24) is 4.57 Å². The molecule has 0 spiro atoms. The summed E-state index contributed by atoms with van der Waals surface area (Å²) in [5.41, 5.74) is 2.12. The van der Waals surface area contributed by atoms with Gasteiger partial charge in [-0.1, -0.05) is 6.92 Å². The van der Waals surface area contributed by atoms with Gasteiger partial charge in [0.25, 0.3) is 0 Å². The van der Waals surface area contributed by atoms with Gasteiger partial charge in [0.1, 0.15) is 5.75 Å². The number of benzene rings is 1. The molecule has 0 saturated carbocycles. The van der Waals surface area contributed by atoms with E-state index in [2.05, 4.69) is 17.6 Å². The number of nitrogens with zero attached hydrogens (tertiary/aromatic N) is 1. The Labute approximate surface area is 102 Å². The van der Waals surface area contributed by atoms with E-state index in [9.17, 15) is 5.11 Å². The summed E-state index contributed by atoms with van der Waals surface area (Å²) in [6.07, 6.45) is 2.66. The van der Waals surface area contributed by atoms with Gasteiger partial charge in [-0.2, -0.15) is 0 Å². The summed E-state index contributed by atoms with van der Waals surface area (Å²) in [5, 5.41) is 10.9. The lowest BCUT2D eigenvalue weighted by atomic mass is 10.1. The summed E-state index contributed by atoms with van der Waals surface area (Å²) in [7, 11) is 1.66. The van der Waals surface area contributed by atoms with E-state index < -0.39 is 6.10 Å². The molecular formula is C14H19NO2. The molecule has 1 aromatic carbocycles. The van der Waals surface area contributed by atoms with Gasteiger partial charge in [-0.05, 0) is 31.5 Å². The predicted molar refractivity (Wildman–Crippen MR) is 69.4 cm³/mol. The highest BCUT2D eigenvalue weighted by molar-refractivity contribution is 5.85. The topological polar surface area (TPSA) is 34.4 Å². The summed E-state index contributed by atoms with van der Waals surface area (Å²) in [5.74, 6) is 0.827. The van der Waals surface area contributed by atoms with Gasteiger partial charge in [0.2, 0.25) is 0 Å². The molecule has 0 bridgehead atoms. The van der Waals surface area contributed by atoms with Gasteiger partial charge in [-0.3, -0.25) is 0 Å². The molecule has 92 valence electrons. The van der Waals surface area contributed by atoms with Gasteiger partial charge in [0.05, 0.1) is 13.2 Å². The molecule has 0 radical (unpaired) electrons. The molecule has 3 heteroatoms. The number of aromatic nitrogens is 1. The van der Waals surface area contributed by atoms with E-state index in [-0.39, 0.29) is 0 Å². The smallest absolute Gasteiger partial charge is 0.119 e. The minimum absolute atomic E-state index is 0.456. The summed E-state index contributed by atoms with van der Waals surface area (Å²) in [6, 6.07) is 6.00. The number of hydrogen-bond donors (Lipinski definition) is 1. The van der Waals surface area contributed by atoms with E-state index >= 15 is 0 Å². The molecule has 0 amide bonds. The van der Waals surface area contributed by atoms with Crippen LogP contribution in [0.4, 0.5) is 0 Å². The molecule has 1 unspecified atom stereocenters. The Bertz CT molecular complexity index is 514. The minimum Gasteiger partial charge on any atom is -0.497 e. The first-order chi connectivity index (χ1) is 8.17. The third-order valence-electron chi connectivity index (χ3n) is 3.03. The predicted octanol–water partition coefficient (Wildman–Crippen LogP) is 3.11. The zero-order valence-corrected chi connectivity index (χ0v) is 10.6. The van der Waals surface area contributed by atoms with Crippen LogP contribution < -0.4 is 4.74 Å². The second-order valence-electron chi connectivity index (χ2n) is 4.34. The quantitative estimate of drug-likeness (QED) is 0.880. The molecule has 1 atom stereocenters. The monoisotopic (exact) mass is 233 g/mol. The van der Waals surface area contributed by atoms with Crippen molar-refractivity contribution in [3.05, 3.63) is 30.0 Å². The van der Waals surface area contributed by atoms with Gasteiger partial charge < -0.3 is 14.4 Å². The van der Waals surface area contributed by atoms with Crippen LogP contribution in [0, 0.1) is 0 Å². The number of ether oxygens (including phenoxy) is 1. The molecule has 2 rings (SSSR count). The van der Waals surface area contributed by atoms with E-state index in [1.807, 2.05) is 18.3 Å². The number of aliphatic hydroxyl groups is 1. The molecule has 1 heterocycles. The van der Waals surface area contributed by atoms with E-state index in [4.69, 9.17) is 4.74 Å². The maximum absolute atomic E-state index is 9.81. The summed E-state index contributed by atoms with van der Waals surface area (Å²) < 4.78 is 7.43. The highest BCUT2D eigenvalue weighted by Crippen LogP contribution is 2.29. The van der Waals surface area contributed by atoms with E-state index in [0.29, 0.717) is 0 Å². The van der Waals surface area contributed by atoms with Gasteiger partial charge in [0, 0.05) is 29.2 Å². The Kier molecular flexibility index (Phi) is 3.38. The molecule has 17 heavy (non-hydrogen) atoms. The molecule has 0 aliphatic heterocycles. The fourth-order valence-corrected chi connectivity index (χ4v) is 2.19. The van der Waals surface area contributed by atoms with Crippen molar-refractivity contribution in [2.45, 2.75) is 32.9 Å². The first-order valence-electron chi connectivity index (χ1n) is 6.02. The number of hydrogen-bond acceptors (Lipinski definition) is 2. The average Bonchev–Trinajstić information content (AvgIpc) is 2.68. The summed E-state index contributed by atoms with van der Waals surface area (Å²) >= 11 is 0. The van der Waals surface area contributed by atoms with E-state index in [0.717, 1.165) is 35.2 Å². The van der Waals surface area contributed by atoms with Crippen LogP contribution in [0.15, 0.2) is 24.4 Å². The Hall–Kier alpha value is -1.48. The molecule has 3 nitrogen and oxygen atoms in total. The normalized spacial score (nSPS) is 12.9. The first kappa shape index (κ1) is 12.0. The van der Waals surface area contributed by atoms with Crippen LogP contribution in [0.2, 0.25) is 0 Å². The Balaban J connectivity index is 2.63. The Morgan fingerprint density at radius 1 is 1.41 bits per heavy atom. The van der Waals surface area contributed by atoms with Crippen LogP contribution in [0.5, 0.6) is 5.75 Å². The molecule has 1 N–H and O–H groups in total.